The molecule has 180 valence electrons. The summed E-state index contributed by atoms with van der Waals surface area (Å²) in [5.41, 5.74) is 2.15. The molecule has 8 rings (SSSR count). The molecule has 7 atom stereocenters. The van der Waals surface area contributed by atoms with Crippen LogP contribution in [0.15, 0.2) is 12.1 Å². The minimum atomic E-state index is -0.501. The first-order valence-electron chi connectivity index (χ1n) is 13.4. The van der Waals surface area contributed by atoms with E-state index in [-0.39, 0.29) is 34.7 Å². The van der Waals surface area contributed by atoms with Crippen molar-refractivity contribution in [2.24, 2.45) is 23.2 Å². The van der Waals surface area contributed by atoms with Gasteiger partial charge in [0.2, 0.25) is 0 Å². The van der Waals surface area contributed by atoms with Crippen LogP contribution in [0.1, 0.15) is 69.9 Å². The zero-order chi connectivity index (χ0) is 22.8. The molecule has 0 radical (unpaired) electrons. The fraction of sp³-hybridized carbons (Fsp3) is 0.786. The molecule has 0 amide bonds. The number of piperidine rings is 1. The summed E-state index contributed by atoms with van der Waals surface area (Å²) in [5.74, 6) is 2.37. The molecule has 5 fully saturated rings. The lowest BCUT2D eigenvalue weighted by Gasteiger charge is -2.74. The molecule has 4 saturated carbocycles. The van der Waals surface area contributed by atoms with Crippen LogP contribution in [0.2, 0.25) is 0 Å². The Hall–Kier alpha value is -1.30. The number of methoxy groups -OCH3 is 1. The van der Waals surface area contributed by atoms with Crippen LogP contribution >= 0.6 is 0 Å². The Morgan fingerprint density at radius 3 is 2.76 bits per heavy atom. The van der Waals surface area contributed by atoms with Gasteiger partial charge < -0.3 is 19.7 Å². The van der Waals surface area contributed by atoms with Crippen molar-refractivity contribution in [2.75, 3.05) is 20.2 Å². The molecule has 5 nitrogen and oxygen atoms in total. The van der Waals surface area contributed by atoms with Gasteiger partial charge in [-0.3, -0.25) is 4.90 Å². The normalized spacial score (nSPS) is 43.5. The van der Waals surface area contributed by atoms with Gasteiger partial charge in [0, 0.05) is 42.0 Å². The number of phenols is 1. The van der Waals surface area contributed by atoms with Gasteiger partial charge in [-0.15, -0.1) is 0 Å². The van der Waals surface area contributed by atoms with Gasteiger partial charge in [0.05, 0.1) is 6.10 Å². The van der Waals surface area contributed by atoms with E-state index >= 15 is 0 Å². The first kappa shape index (κ1) is 21.0. The molecule has 2 N–H and O–H groups in total. The summed E-state index contributed by atoms with van der Waals surface area (Å²) >= 11 is 0. The third-order valence-electron chi connectivity index (χ3n) is 10.9. The van der Waals surface area contributed by atoms with Crippen molar-refractivity contribution in [1.29, 1.82) is 0 Å². The van der Waals surface area contributed by atoms with E-state index in [1.807, 2.05) is 13.2 Å². The Labute approximate surface area is 197 Å². The van der Waals surface area contributed by atoms with Crippen LogP contribution in [-0.2, 0) is 16.6 Å². The molecule has 5 heteroatoms. The zero-order valence-electron chi connectivity index (χ0n) is 20.3. The number of likely N-dealkylation sites (tertiary alicyclic amines) is 1. The average molecular weight is 454 g/mol. The second-order valence-corrected chi connectivity index (χ2v) is 12.6. The molecular weight excluding hydrogens is 414 g/mol. The number of aliphatic hydroxyl groups is 1. The zero-order valence-corrected chi connectivity index (χ0v) is 20.3. The summed E-state index contributed by atoms with van der Waals surface area (Å²) in [6, 6.07) is 4.49. The molecule has 4 bridgehead atoms. The van der Waals surface area contributed by atoms with Crippen molar-refractivity contribution in [2.45, 2.75) is 94.5 Å². The second kappa shape index (κ2) is 6.67. The largest absolute Gasteiger partial charge is 0.504 e. The number of aliphatic hydroxyl groups excluding tert-OH is 1. The maximum Gasteiger partial charge on any atom is 0.165 e. The number of benzene rings is 1. The third-order valence-corrected chi connectivity index (χ3v) is 10.9. The quantitative estimate of drug-likeness (QED) is 0.681. The highest BCUT2D eigenvalue weighted by atomic mass is 16.6. The van der Waals surface area contributed by atoms with E-state index in [1.54, 1.807) is 0 Å². The first-order valence-corrected chi connectivity index (χ1v) is 13.4. The van der Waals surface area contributed by atoms with Crippen LogP contribution in [0.4, 0.5) is 0 Å². The minimum absolute atomic E-state index is 0.0677. The number of hydrogen-bond donors (Lipinski definition) is 2. The minimum Gasteiger partial charge on any atom is -0.504 e. The lowest BCUT2D eigenvalue weighted by Crippen LogP contribution is -2.81. The van der Waals surface area contributed by atoms with Gasteiger partial charge in [0.15, 0.2) is 11.5 Å². The predicted octanol–water partition coefficient (Wildman–Crippen LogP) is 4.02. The fourth-order valence-electron chi connectivity index (χ4n) is 9.55. The summed E-state index contributed by atoms with van der Waals surface area (Å²) in [5, 5.41) is 22.5. The van der Waals surface area contributed by atoms with E-state index in [4.69, 9.17) is 9.47 Å². The molecule has 1 aromatic rings. The highest BCUT2D eigenvalue weighted by Crippen LogP contribution is 2.77. The first-order chi connectivity index (χ1) is 15.9. The molecule has 2 heterocycles. The Morgan fingerprint density at radius 2 is 2.03 bits per heavy atom. The summed E-state index contributed by atoms with van der Waals surface area (Å²) in [4.78, 5) is 2.82. The van der Waals surface area contributed by atoms with Crippen LogP contribution in [0, 0.1) is 23.2 Å². The van der Waals surface area contributed by atoms with E-state index in [1.165, 1.54) is 30.5 Å². The van der Waals surface area contributed by atoms with Gasteiger partial charge in [-0.05, 0) is 81.4 Å². The molecule has 2 spiro atoms. The van der Waals surface area contributed by atoms with Gasteiger partial charge in [-0.2, -0.15) is 0 Å². The van der Waals surface area contributed by atoms with E-state index < -0.39 is 5.60 Å². The molecule has 5 aliphatic carbocycles. The predicted molar refractivity (Wildman–Crippen MR) is 126 cm³/mol. The van der Waals surface area contributed by atoms with Crippen molar-refractivity contribution < 1.29 is 19.7 Å². The molecule has 0 aromatic heterocycles. The number of phenolic OH excluding ortho intramolecular Hbond substituents is 1. The molecule has 1 aromatic carbocycles. The summed E-state index contributed by atoms with van der Waals surface area (Å²) in [7, 11) is 1.83. The SMILES string of the molecule is CO[C@]12CC[C@@]3(C[C@@H]1[C@H](O)CC(C)C)[C@H]1Cc4ccc(O)c5c4[C@@]3(CCN1CC1CC1)[C@H]2O5. The van der Waals surface area contributed by atoms with Crippen molar-refractivity contribution in [3.8, 4) is 11.5 Å². The van der Waals surface area contributed by atoms with E-state index in [0.717, 1.165) is 56.7 Å². The maximum absolute atomic E-state index is 11.6. The summed E-state index contributed by atoms with van der Waals surface area (Å²) in [6.45, 7) is 6.73. The molecule has 0 unspecified atom stereocenters. The molecule has 7 aliphatic rings. The summed E-state index contributed by atoms with van der Waals surface area (Å²) < 4.78 is 13.3. The Bertz CT molecular complexity index is 990. The van der Waals surface area contributed by atoms with Crippen molar-refractivity contribution in [3.05, 3.63) is 23.3 Å². The van der Waals surface area contributed by atoms with Crippen LogP contribution in [-0.4, -0.2) is 59.2 Å². The Balaban J connectivity index is 1.43. The van der Waals surface area contributed by atoms with Crippen LogP contribution in [0.25, 0.3) is 0 Å². The number of hydrogen-bond acceptors (Lipinski definition) is 5. The van der Waals surface area contributed by atoms with Gasteiger partial charge >= 0.3 is 0 Å². The fourth-order valence-corrected chi connectivity index (χ4v) is 9.55. The highest BCUT2D eigenvalue weighted by molar-refractivity contribution is 5.63. The highest BCUT2D eigenvalue weighted by Gasteiger charge is 2.81. The van der Waals surface area contributed by atoms with Crippen molar-refractivity contribution >= 4 is 0 Å². The number of rotatable bonds is 6. The van der Waals surface area contributed by atoms with Crippen molar-refractivity contribution in [1.82, 2.24) is 4.90 Å². The Kier molecular flexibility index (Phi) is 4.25. The van der Waals surface area contributed by atoms with E-state index in [2.05, 4.69) is 24.8 Å². The molecule has 2 aliphatic heterocycles. The lowest BCUT2D eigenvalue weighted by molar-refractivity contribution is -0.290. The van der Waals surface area contributed by atoms with Crippen LogP contribution in [0.3, 0.4) is 0 Å². The standard InChI is InChI=1S/C28H39NO4/c1-16(2)12-21(31)19-14-26-8-9-28(19,32-3)25-27(26)10-11-29(15-17-4-5-17)22(26)13-18-6-7-20(30)24(33-25)23(18)27/h6-7,16-17,19,21-22,25,30-31H,4-5,8-15H2,1-3H3/t19-,21-,22-,25-,26-,27+,28-/m1/s1. The lowest BCUT2D eigenvalue weighted by atomic mass is 9.34. The van der Waals surface area contributed by atoms with Crippen LogP contribution in [0.5, 0.6) is 11.5 Å². The third kappa shape index (κ3) is 2.40. The van der Waals surface area contributed by atoms with Gasteiger partial charge in [-0.25, -0.2) is 0 Å². The van der Waals surface area contributed by atoms with Crippen molar-refractivity contribution in [3.63, 3.8) is 0 Å². The summed E-state index contributed by atoms with van der Waals surface area (Å²) in [6.07, 6.45) is 8.23. The second-order valence-electron chi connectivity index (χ2n) is 12.6. The van der Waals surface area contributed by atoms with Crippen LogP contribution < -0.4 is 4.74 Å². The monoisotopic (exact) mass is 453 g/mol. The maximum atomic E-state index is 11.6. The number of fused-ring (bicyclic) bond motifs is 2. The van der Waals surface area contributed by atoms with E-state index in [0.29, 0.717) is 12.0 Å². The molecular formula is C28H39NO4. The molecule has 33 heavy (non-hydrogen) atoms. The van der Waals surface area contributed by atoms with Gasteiger partial charge in [0.25, 0.3) is 0 Å². The van der Waals surface area contributed by atoms with Gasteiger partial charge in [0.1, 0.15) is 11.7 Å². The average Bonchev–Trinajstić information content (AvgIpc) is 3.53. The number of aromatic hydroxyl groups is 1. The topological polar surface area (TPSA) is 62.2 Å². The smallest absolute Gasteiger partial charge is 0.165 e. The van der Waals surface area contributed by atoms with E-state index in [9.17, 15) is 10.2 Å². The van der Waals surface area contributed by atoms with Gasteiger partial charge in [-0.1, -0.05) is 19.9 Å². The number of ether oxygens (including phenoxy) is 2. The Morgan fingerprint density at radius 1 is 1.21 bits per heavy atom. The number of nitrogens with zero attached hydrogens (tertiary/aromatic N) is 1. The molecule has 1 saturated heterocycles.